The first-order valence-electron chi connectivity index (χ1n) is 4.28. The van der Waals surface area contributed by atoms with E-state index in [1.807, 2.05) is 42.5 Å². The molecule has 0 aromatic heterocycles. The molecule has 0 bridgehead atoms. The predicted molar refractivity (Wildman–Crippen MR) is 62.0 cm³/mol. The number of hydrogen-bond donors (Lipinski definition) is 0. The Morgan fingerprint density at radius 3 is 2.57 bits per heavy atom. The fourth-order valence-corrected chi connectivity index (χ4v) is 1.74. The molecule has 2 rings (SSSR count). The first-order chi connectivity index (χ1) is 6.77. The summed E-state index contributed by atoms with van der Waals surface area (Å²) in [4.78, 5) is 0. The van der Waals surface area contributed by atoms with E-state index in [9.17, 15) is 4.39 Å². The van der Waals surface area contributed by atoms with E-state index in [0.29, 0.717) is 0 Å². The third kappa shape index (κ3) is 1.85. The Balaban J connectivity index is 2.71. The van der Waals surface area contributed by atoms with Gasteiger partial charge in [0.15, 0.2) is 4.74 Å². The summed E-state index contributed by atoms with van der Waals surface area (Å²) in [6.45, 7) is 0. The Kier molecular flexibility index (Phi) is 2.64. The van der Waals surface area contributed by atoms with Gasteiger partial charge < -0.3 is 0 Å². The lowest BCUT2D eigenvalue weighted by atomic mass is 10.1. The molecular weight excluding hydrogens is 243 g/mol. The van der Waals surface area contributed by atoms with E-state index in [0.717, 1.165) is 16.3 Å². The lowest BCUT2D eigenvalue weighted by Crippen LogP contribution is -1.77. The van der Waals surface area contributed by atoms with E-state index in [-0.39, 0.29) is 4.74 Å². The summed E-state index contributed by atoms with van der Waals surface area (Å²) < 4.78 is 12.3. The van der Waals surface area contributed by atoms with Gasteiger partial charge in [0.2, 0.25) is 0 Å². The molecule has 0 unspecified atom stereocenters. The van der Waals surface area contributed by atoms with Gasteiger partial charge in [-0.3, -0.25) is 0 Å². The molecule has 0 radical (unpaired) electrons. The van der Waals surface area contributed by atoms with Gasteiger partial charge in [0.25, 0.3) is 0 Å². The van der Waals surface area contributed by atoms with Crippen LogP contribution in [0.5, 0.6) is 0 Å². The molecule has 0 aliphatic carbocycles. The summed E-state index contributed by atoms with van der Waals surface area (Å²) in [6, 6.07) is 13.7. The van der Waals surface area contributed by atoms with Crippen molar-refractivity contribution in [2.75, 3.05) is 0 Å². The minimum atomic E-state index is -0.353. The van der Waals surface area contributed by atoms with Gasteiger partial charge in [0.05, 0.1) is 0 Å². The number of rotatable bonds is 1. The maximum atomic E-state index is 12.7. The normalized spacial score (nSPS) is 12.0. The second-order valence-corrected chi connectivity index (χ2v) is 3.76. The number of fused-ring (bicyclic) bond motifs is 1. The van der Waals surface area contributed by atoms with E-state index in [2.05, 4.69) is 15.9 Å². The number of halogens is 2. The van der Waals surface area contributed by atoms with E-state index in [1.165, 1.54) is 6.08 Å². The molecule has 14 heavy (non-hydrogen) atoms. The van der Waals surface area contributed by atoms with Gasteiger partial charge in [-0.2, -0.15) is 4.39 Å². The maximum Gasteiger partial charge on any atom is 0.166 e. The monoisotopic (exact) mass is 250 g/mol. The van der Waals surface area contributed by atoms with E-state index in [4.69, 9.17) is 0 Å². The van der Waals surface area contributed by atoms with Crippen molar-refractivity contribution < 1.29 is 4.39 Å². The zero-order valence-electron chi connectivity index (χ0n) is 7.37. The zero-order chi connectivity index (χ0) is 9.97. The lowest BCUT2D eigenvalue weighted by Gasteiger charge is -2.00. The van der Waals surface area contributed by atoms with Crippen LogP contribution < -0.4 is 0 Å². The summed E-state index contributed by atoms with van der Waals surface area (Å²) in [6.07, 6.45) is 1.47. The van der Waals surface area contributed by atoms with E-state index < -0.39 is 0 Å². The minimum Gasteiger partial charge on any atom is -0.199 e. The van der Waals surface area contributed by atoms with Crippen molar-refractivity contribution in [1.29, 1.82) is 0 Å². The van der Waals surface area contributed by atoms with Crippen molar-refractivity contribution in [3.05, 3.63) is 52.8 Å². The minimum absolute atomic E-state index is 0.353. The molecular formula is C12H8BrF. The van der Waals surface area contributed by atoms with Gasteiger partial charge in [-0.1, -0.05) is 42.5 Å². The predicted octanol–water partition coefficient (Wildman–Crippen LogP) is 4.50. The maximum absolute atomic E-state index is 12.7. The SMILES string of the molecule is F/C(Br)=C\c1cccc2ccccc12. The van der Waals surface area contributed by atoms with Gasteiger partial charge in [0, 0.05) is 0 Å². The van der Waals surface area contributed by atoms with Crippen molar-refractivity contribution in [2.24, 2.45) is 0 Å². The van der Waals surface area contributed by atoms with Crippen LogP contribution in [-0.2, 0) is 0 Å². The third-order valence-electron chi connectivity index (χ3n) is 2.09. The average Bonchev–Trinajstić information content (AvgIpc) is 2.18. The number of benzene rings is 2. The van der Waals surface area contributed by atoms with Crippen LogP contribution in [-0.4, -0.2) is 0 Å². The quantitative estimate of drug-likeness (QED) is 0.699. The topological polar surface area (TPSA) is 0 Å². The lowest BCUT2D eigenvalue weighted by molar-refractivity contribution is 0.712. The van der Waals surface area contributed by atoms with Gasteiger partial charge >= 0.3 is 0 Å². The van der Waals surface area contributed by atoms with E-state index in [1.54, 1.807) is 0 Å². The summed E-state index contributed by atoms with van der Waals surface area (Å²) in [5, 5.41) is 2.18. The van der Waals surface area contributed by atoms with Crippen LogP contribution in [0.15, 0.2) is 47.2 Å². The summed E-state index contributed by atoms with van der Waals surface area (Å²) in [7, 11) is 0. The molecule has 0 aliphatic heterocycles. The van der Waals surface area contributed by atoms with Gasteiger partial charge in [-0.15, -0.1) is 0 Å². The van der Waals surface area contributed by atoms with Gasteiger partial charge in [0.1, 0.15) is 0 Å². The molecule has 0 atom stereocenters. The van der Waals surface area contributed by atoms with Crippen molar-refractivity contribution >= 4 is 32.8 Å². The van der Waals surface area contributed by atoms with E-state index >= 15 is 0 Å². The highest BCUT2D eigenvalue weighted by molar-refractivity contribution is 9.11. The molecule has 0 saturated heterocycles. The van der Waals surface area contributed by atoms with Crippen LogP contribution in [0, 0.1) is 0 Å². The average molecular weight is 251 g/mol. The first-order valence-corrected chi connectivity index (χ1v) is 5.07. The van der Waals surface area contributed by atoms with Crippen molar-refractivity contribution in [3.63, 3.8) is 0 Å². The first kappa shape index (κ1) is 9.41. The van der Waals surface area contributed by atoms with Crippen molar-refractivity contribution in [1.82, 2.24) is 0 Å². The summed E-state index contributed by atoms with van der Waals surface area (Å²) in [5.74, 6) is 0. The molecule has 0 fully saturated rings. The molecule has 0 spiro atoms. The standard InChI is InChI=1S/C12H8BrF/c13-12(14)8-10-6-3-5-9-4-1-2-7-11(9)10/h1-8H/b12-8-. The smallest absolute Gasteiger partial charge is 0.166 e. The largest absolute Gasteiger partial charge is 0.199 e. The molecule has 2 aromatic carbocycles. The molecule has 2 aromatic rings. The second-order valence-electron chi connectivity index (χ2n) is 3.00. The van der Waals surface area contributed by atoms with Crippen LogP contribution in [0.1, 0.15) is 5.56 Å². The van der Waals surface area contributed by atoms with Crippen LogP contribution in [0.3, 0.4) is 0 Å². The molecule has 0 N–H and O–H groups in total. The Hall–Kier alpha value is -1.15. The fourth-order valence-electron chi connectivity index (χ4n) is 1.49. The summed E-state index contributed by atoms with van der Waals surface area (Å²) >= 11 is 2.79. The Bertz CT molecular complexity index is 479. The van der Waals surface area contributed by atoms with Gasteiger partial charge in [-0.05, 0) is 38.3 Å². The molecule has 0 nitrogen and oxygen atoms in total. The number of hydrogen-bond acceptors (Lipinski definition) is 0. The molecule has 0 aliphatic rings. The second kappa shape index (κ2) is 3.93. The highest BCUT2D eigenvalue weighted by Crippen LogP contribution is 2.22. The van der Waals surface area contributed by atoms with Gasteiger partial charge in [-0.25, -0.2) is 0 Å². The van der Waals surface area contributed by atoms with Crippen molar-refractivity contribution in [3.8, 4) is 0 Å². The summed E-state index contributed by atoms with van der Waals surface area (Å²) in [5.41, 5.74) is 0.887. The zero-order valence-corrected chi connectivity index (χ0v) is 8.96. The van der Waals surface area contributed by atoms with Crippen LogP contribution in [0.4, 0.5) is 4.39 Å². The van der Waals surface area contributed by atoms with Crippen LogP contribution in [0.2, 0.25) is 0 Å². The molecule has 70 valence electrons. The molecule has 2 heteroatoms. The Morgan fingerprint density at radius 2 is 1.79 bits per heavy atom. The molecule has 0 saturated carbocycles. The Morgan fingerprint density at radius 1 is 1.07 bits per heavy atom. The molecule has 0 heterocycles. The third-order valence-corrected chi connectivity index (χ3v) is 2.32. The molecule has 0 amide bonds. The Labute approximate surface area is 90.2 Å². The highest BCUT2D eigenvalue weighted by Gasteiger charge is 1.97. The highest BCUT2D eigenvalue weighted by atomic mass is 79.9. The van der Waals surface area contributed by atoms with Crippen LogP contribution in [0.25, 0.3) is 16.8 Å². The fraction of sp³-hybridized carbons (Fsp3) is 0. The van der Waals surface area contributed by atoms with Crippen LogP contribution >= 0.6 is 15.9 Å². The van der Waals surface area contributed by atoms with Crippen molar-refractivity contribution in [2.45, 2.75) is 0 Å².